The Hall–Kier alpha value is -2.25. The van der Waals surface area contributed by atoms with Gasteiger partial charge in [0.05, 0.1) is 18.3 Å². The van der Waals surface area contributed by atoms with Gasteiger partial charge in [-0.2, -0.15) is 0 Å². The van der Waals surface area contributed by atoms with Crippen LogP contribution in [-0.2, 0) is 16.8 Å². The molecule has 7 heteroatoms. The van der Waals surface area contributed by atoms with Crippen LogP contribution in [0.1, 0.15) is 34.3 Å². The number of Topliss-reactive ketones (excluding diaryl/α,β-unsaturated/α-hetero) is 1. The standard InChI is InChI=1S/C29H32ClNO4.ClH/c30-25-13-7-8-22(18-25)19-27(28(33)23-9-3-1-4-10-23)35-21-26(32)20-31-16-14-29(34,15-17-31)24-11-5-2-6-12-24;/h1-13,18,26-27,32,34H,14-17,19-21H2;1H. The number of aliphatic hydroxyl groups excluding tert-OH is 1. The van der Waals surface area contributed by atoms with Crippen LogP contribution in [0.4, 0.5) is 0 Å². The van der Waals surface area contributed by atoms with Gasteiger partial charge in [-0.1, -0.05) is 84.4 Å². The number of carbonyl (C=O) groups is 1. The number of likely N-dealkylation sites (tertiary alicyclic amines) is 1. The molecule has 5 nitrogen and oxygen atoms in total. The molecule has 4 rings (SSSR count). The molecule has 3 aromatic rings. The van der Waals surface area contributed by atoms with Gasteiger partial charge in [-0.15, -0.1) is 12.4 Å². The summed E-state index contributed by atoms with van der Waals surface area (Å²) < 4.78 is 6.00. The summed E-state index contributed by atoms with van der Waals surface area (Å²) in [6.07, 6.45) is 0.107. The smallest absolute Gasteiger partial charge is 0.191 e. The Morgan fingerprint density at radius 3 is 2.25 bits per heavy atom. The van der Waals surface area contributed by atoms with E-state index in [2.05, 4.69) is 4.90 Å². The fourth-order valence-electron chi connectivity index (χ4n) is 4.61. The van der Waals surface area contributed by atoms with Gasteiger partial charge in [-0.3, -0.25) is 4.79 Å². The van der Waals surface area contributed by atoms with Gasteiger partial charge in [0, 0.05) is 36.6 Å². The first kappa shape index (κ1) is 28.3. The number of hydrogen-bond donors (Lipinski definition) is 2. The number of rotatable bonds is 10. The minimum Gasteiger partial charge on any atom is -0.389 e. The van der Waals surface area contributed by atoms with Crippen LogP contribution in [0, 0.1) is 0 Å². The van der Waals surface area contributed by atoms with E-state index in [-0.39, 0.29) is 24.8 Å². The Bertz CT molecular complexity index is 1090. The topological polar surface area (TPSA) is 70.0 Å². The molecule has 0 bridgehead atoms. The molecule has 1 heterocycles. The number of ether oxygens (including phenoxy) is 1. The normalized spacial score (nSPS) is 17.1. The summed E-state index contributed by atoms with van der Waals surface area (Å²) in [5.41, 5.74) is 1.58. The van der Waals surface area contributed by atoms with E-state index >= 15 is 0 Å². The van der Waals surface area contributed by atoms with E-state index in [1.54, 1.807) is 18.2 Å². The molecule has 1 saturated heterocycles. The van der Waals surface area contributed by atoms with Crippen LogP contribution >= 0.6 is 24.0 Å². The maximum absolute atomic E-state index is 13.2. The Morgan fingerprint density at radius 2 is 1.61 bits per heavy atom. The molecule has 0 spiro atoms. The van der Waals surface area contributed by atoms with Crippen molar-refractivity contribution < 1.29 is 19.7 Å². The Labute approximate surface area is 224 Å². The van der Waals surface area contributed by atoms with E-state index in [0.29, 0.717) is 49.5 Å². The molecule has 192 valence electrons. The summed E-state index contributed by atoms with van der Waals surface area (Å²) in [5.74, 6) is -0.122. The zero-order valence-corrected chi connectivity index (χ0v) is 21.7. The SMILES string of the molecule is Cl.O=C(c1ccccc1)C(Cc1cccc(Cl)c1)OCC(O)CN1CCC(O)(c2ccccc2)CC1. The highest BCUT2D eigenvalue weighted by Crippen LogP contribution is 2.32. The summed E-state index contributed by atoms with van der Waals surface area (Å²) >= 11 is 6.13. The Balaban J connectivity index is 0.00000361. The molecule has 0 saturated carbocycles. The maximum atomic E-state index is 13.2. The summed E-state index contributed by atoms with van der Waals surface area (Å²) in [7, 11) is 0. The largest absolute Gasteiger partial charge is 0.389 e. The molecular weight excluding hydrogens is 497 g/mol. The molecular formula is C29H33Cl2NO4. The molecule has 2 unspecified atom stereocenters. The third kappa shape index (κ3) is 7.62. The number of benzene rings is 3. The predicted molar refractivity (Wildman–Crippen MR) is 145 cm³/mol. The van der Waals surface area contributed by atoms with Crippen LogP contribution in [0.5, 0.6) is 0 Å². The van der Waals surface area contributed by atoms with Gasteiger partial charge in [-0.05, 0) is 36.1 Å². The fourth-order valence-corrected chi connectivity index (χ4v) is 4.83. The van der Waals surface area contributed by atoms with Gasteiger partial charge >= 0.3 is 0 Å². The monoisotopic (exact) mass is 529 g/mol. The lowest BCUT2D eigenvalue weighted by molar-refractivity contribution is -0.0483. The summed E-state index contributed by atoms with van der Waals surface area (Å²) in [6.45, 7) is 1.83. The average molecular weight is 530 g/mol. The molecule has 0 aromatic heterocycles. The number of ketones is 1. The Kier molecular flexibility index (Phi) is 10.5. The number of nitrogens with zero attached hydrogens (tertiary/aromatic N) is 1. The number of β-amino-alcohol motifs (C(OH)–C–C–N with tert-alkyl or cyclic N) is 1. The summed E-state index contributed by atoms with van der Waals surface area (Å²) in [5, 5.41) is 22.3. The van der Waals surface area contributed by atoms with Crippen molar-refractivity contribution in [2.45, 2.75) is 37.1 Å². The molecule has 1 fully saturated rings. The van der Waals surface area contributed by atoms with Gasteiger partial charge in [0.1, 0.15) is 6.10 Å². The second kappa shape index (κ2) is 13.3. The van der Waals surface area contributed by atoms with Gasteiger partial charge in [0.25, 0.3) is 0 Å². The average Bonchev–Trinajstić information content (AvgIpc) is 2.89. The van der Waals surface area contributed by atoms with Crippen molar-refractivity contribution in [2.24, 2.45) is 0 Å². The first-order chi connectivity index (χ1) is 16.9. The summed E-state index contributed by atoms with van der Waals surface area (Å²) in [4.78, 5) is 15.3. The fraction of sp³-hybridized carbons (Fsp3) is 0.345. The van der Waals surface area contributed by atoms with Crippen molar-refractivity contribution in [3.05, 3.63) is 107 Å². The minimum atomic E-state index is -0.830. The van der Waals surface area contributed by atoms with E-state index in [0.717, 1.165) is 11.1 Å². The quantitative estimate of drug-likeness (QED) is 0.365. The molecule has 0 radical (unpaired) electrons. The molecule has 2 N–H and O–H groups in total. The van der Waals surface area contributed by atoms with Crippen LogP contribution in [0.15, 0.2) is 84.9 Å². The second-order valence-electron chi connectivity index (χ2n) is 9.24. The van der Waals surface area contributed by atoms with Crippen molar-refractivity contribution in [1.82, 2.24) is 4.90 Å². The third-order valence-corrected chi connectivity index (χ3v) is 6.85. The van der Waals surface area contributed by atoms with Gasteiger partial charge in [0.2, 0.25) is 0 Å². The van der Waals surface area contributed by atoms with Crippen molar-refractivity contribution >= 4 is 29.8 Å². The van der Waals surface area contributed by atoms with E-state index in [9.17, 15) is 15.0 Å². The first-order valence-corrected chi connectivity index (χ1v) is 12.4. The molecule has 3 aromatic carbocycles. The number of halogens is 2. The lowest BCUT2D eigenvalue weighted by Gasteiger charge is -2.39. The van der Waals surface area contributed by atoms with Crippen LogP contribution < -0.4 is 0 Å². The number of piperidine rings is 1. The molecule has 2 atom stereocenters. The van der Waals surface area contributed by atoms with E-state index in [4.69, 9.17) is 16.3 Å². The minimum absolute atomic E-state index is 0. The van der Waals surface area contributed by atoms with Crippen LogP contribution in [0.3, 0.4) is 0 Å². The molecule has 0 aliphatic carbocycles. The zero-order chi connectivity index (χ0) is 24.7. The highest BCUT2D eigenvalue weighted by molar-refractivity contribution is 6.30. The lowest BCUT2D eigenvalue weighted by atomic mass is 9.84. The van der Waals surface area contributed by atoms with Gasteiger partial charge in [0.15, 0.2) is 5.78 Å². The molecule has 1 aliphatic rings. The van der Waals surface area contributed by atoms with E-state index in [1.807, 2.05) is 66.7 Å². The second-order valence-corrected chi connectivity index (χ2v) is 9.67. The molecule has 36 heavy (non-hydrogen) atoms. The van der Waals surface area contributed by atoms with E-state index < -0.39 is 17.8 Å². The molecule has 1 aliphatic heterocycles. The molecule has 0 amide bonds. The van der Waals surface area contributed by atoms with Crippen molar-refractivity contribution in [3.8, 4) is 0 Å². The van der Waals surface area contributed by atoms with Crippen molar-refractivity contribution in [3.63, 3.8) is 0 Å². The number of aliphatic hydroxyl groups is 2. The van der Waals surface area contributed by atoms with Crippen LogP contribution in [0.2, 0.25) is 5.02 Å². The maximum Gasteiger partial charge on any atom is 0.191 e. The highest BCUT2D eigenvalue weighted by atomic mass is 35.5. The Morgan fingerprint density at radius 1 is 0.972 bits per heavy atom. The van der Waals surface area contributed by atoms with Crippen molar-refractivity contribution in [1.29, 1.82) is 0 Å². The number of hydrogen-bond acceptors (Lipinski definition) is 5. The van der Waals surface area contributed by atoms with E-state index in [1.165, 1.54) is 0 Å². The lowest BCUT2D eigenvalue weighted by Crippen LogP contribution is -2.46. The first-order valence-electron chi connectivity index (χ1n) is 12.1. The summed E-state index contributed by atoms with van der Waals surface area (Å²) in [6, 6.07) is 26.2. The van der Waals surface area contributed by atoms with Gasteiger partial charge in [-0.25, -0.2) is 0 Å². The number of carbonyl (C=O) groups excluding carboxylic acids is 1. The van der Waals surface area contributed by atoms with Crippen LogP contribution in [0.25, 0.3) is 0 Å². The van der Waals surface area contributed by atoms with Crippen molar-refractivity contribution in [2.75, 3.05) is 26.2 Å². The zero-order valence-electron chi connectivity index (χ0n) is 20.1. The predicted octanol–water partition coefficient (Wildman–Crippen LogP) is 4.92. The van der Waals surface area contributed by atoms with Gasteiger partial charge < -0.3 is 19.8 Å². The third-order valence-electron chi connectivity index (χ3n) is 6.61. The van der Waals surface area contributed by atoms with Crippen LogP contribution in [-0.4, -0.2) is 59.3 Å². The highest BCUT2D eigenvalue weighted by Gasteiger charge is 2.34.